The van der Waals surface area contributed by atoms with Gasteiger partial charge in [0.1, 0.15) is 0 Å². The Morgan fingerprint density at radius 2 is 1.89 bits per heavy atom. The molecule has 4 nitrogen and oxygen atoms in total. The van der Waals surface area contributed by atoms with Gasteiger partial charge in [-0.1, -0.05) is 23.7 Å². The molecule has 2 heterocycles. The van der Waals surface area contributed by atoms with Crippen molar-refractivity contribution in [3.63, 3.8) is 0 Å². The average Bonchev–Trinajstić information content (AvgIpc) is 3.15. The first kappa shape index (κ1) is 19.1. The summed E-state index contributed by atoms with van der Waals surface area (Å²) < 4.78 is 27.4. The second-order valence-corrected chi connectivity index (χ2v) is 8.82. The molecule has 2 unspecified atom stereocenters. The molecular weight excluding hydrogens is 376 g/mol. The van der Waals surface area contributed by atoms with E-state index < -0.39 is 36.3 Å². The van der Waals surface area contributed by atoms with Gasteiger partial charge < -0.3 is 15.5 Å². The van der Waals surface area contributed by atoms with Gasteiger partial charge in [0.2, 0.25) is 5.92 Å². The third kappa shape index (κ3) is 3.36. The maximum Gasteiger partial charge on any atom is 0.340 e. The third-order valence-corrected chi connectivity index (χ3v) is 7.01. The Balaban J connectivity index is 1.69. The van der Waals surface area contributed by atoms with Crippen LogP contribution in [-0.4, -0.2) is 34.2 Å². The summed E-state index contributed by atoms with van der Waals surface area (Å²) in [4.78, 5) is 12.0. The quantitative estimate of drug-likeness (QED) is 0.714. The van der Waals surface area contributed by atoms with Crippen molar-refractivity contribution in [1.82, 2.24) is 5.32 Å². The van der Waals surface area contributed by atoms with Crippen LogP contribution >= 0.6 is 11.6 Å². The van der Waals surface area contributed by atoms with Crippen LogP contribution in [-0.2, 0) is 10.4 Å². The third-order valence-electron chi connectivity index (χ3n) is 6.67. The van der Waals surface area contributed by atoms with Gasteiger partial charge >= 0.3 is 5.97 Å². The Hall–Kier alpha value is -1.24. The first-order chi connectivity index (χ1) is 12.7. The van der Waals surface area contributed by atoms with Gasteiger partial charge in [-0.25, -0.2) is 13.6 Å². The molecule has 1 aliphatic carbocycles. The topological polar surface area (TPSA) is 69.6 Å². The van der Waals surface area contributed by atoms with Crippen LogP contribution < -0.4 is 5.32 Å². The summed E-state index contributed by atoms with van der Waals surface area (Å²) in [5.74, 6) is -5.26. The summed E-state index contributed by atoms with van der Waals surface area (Å²) in [7, 11) is 0. The highest BCUT2D eigenvalue weighted by atomic mass is 35.5. The van der Waals surface area contributed by atoms with Crippen molar-refractivity contribution in [1.29, 1.82) is 0 Å². The number of carboxylic acids is 1. The van der Waals surface area contributed by atoms with Crippen LogP contribution in [0.4, 0.5) is 8.78 Å². The van der Waals surface area contributed by atoms with Crippen LogP contribution in [0.2, 0.25) is 5.02 Å². The van der Waals surface area contributed by atoms with Crippen molar-refractivity contribution >= 4 is 17.6 Å². The minimum Gasteiger partial charge on any atom is -0.479 e. The molecule has 2 bridgehead atoms. The fourth-order valence-corrected chi connectivity index (χ4v) is 5.52. The highest BCUT2D eigenvalue weighted by molar-refractivity contribution is 6.31. The number of benzene rings is 1. The Bertz CT molecular complexity index is 747. The lowest BCUT2D eigenvalue weighted by molar-refractivity contribution is -0.167. The number of halogens is 3. The molecule has 4 rings (SSSR count). The number of alkyl halides is 2. The standard InChI is InChI=1S/C20H24ClF2NO3/c21-17-4-1-12(9-16(17)11-7-14-2-3-15(8-11)24-14)20(27,18(25)26)13-5-6-19(22,23)10-13/h1,4,9,11,13-15,24,27H,2-3,5-8,10H2,(H,25,26)/t11?,13-,14?,15?,20+/m1/s1. The molecular formula is C20H24ClF2NO3. The molecule has 7 heteroatoms. The van der Waals surface area contributed by atoms with Crippen LogP contribution in [0.15, 0.2) is 18.2 Å². The van der Waals surface area contributed by atoms with E-state index in [0.717, 1.165) is 31.2 Å². The average molecular weight is 400 g/mol. The second-order valence-electron chi connectivity index (χ2n) is 8.41. The zero-order valence-corrected chi connectivity index (χ0v) is 15.7. The molecule has 0 radical (unpaired) electrons. The highest BCUT2D eigenvalue weighted by Crippen LogP contribution is 2.49. The van der Waals surface area contributed by atoms with E-state index in [1.54, 1.807) is 12.1 Å². The zero-order valence-electron chi connectivity index (χ0n) is 14.9. The van der Waals surface area contributed by atoms with Gasteiger partial charge in [-0.05, 0) is 55.2 Å². The normalized spacial score (nSPS) is 34.4. The van der Waals surface area contributed by atoms with Crippen LogP contribution in [0.3, 0.4) is 0 Å². The molecule has 0 aromatic heterocycles. The number of hydrogen-bond acceptors (Lipinski definition) is 3. The van der Waals surface area contributed by atoms with E-state index in [2.05, 4.69) is 5.32 Å². The van der Waals surface area contributed by atoms with Crippen molar-refractivity contribution in [3.8, 4) is 0 Å². The minimum absolute atomic E-state index is 0.0226. The Labute approximate surface area is 161 Å². The summed E-state index contributed by atoms with van der Waals surface area (Å²) >= 11 is 6.41. The predicted octanol–water partition coefficient (Wildman–Crippen LogP) is 4.05. The second kappa shape index (κ2) is 6.68. The fraction of sp³-hybridized carbons (Fsp3) is 0.650. The molecule has 148 valence electrons. The molecule has 3 N–H and O–H groups in total. The summed E-state index contributed by atoms with van der Waals surface area (Å²) in [6.07, 6.45) is 3.02. The molecule has 27 heavy (non-hydrogen) atoms. The fourth-order valence-electron chi connectivity index (χ4n) is 5.25. The summed E-state index contributed by atoms with van der Waals surface area (Å²) in [5, 5.41) is 24.9. The van der Waals surface area contributed by atoms with E-state index in [4.69, 9.17) is 11.6 Å². The maximum atomic E-state index is 13.7. The van der Waals surface area contributed by atoms with E-state index in [1.165, 1.54) is 6.07 Å². The van der Waals surface area contributed by atoms with Crippen LogP contribution in [0.1, 0.15) is 62.0 Å². The van der Waals surface area contributed by atoms with Crippen molar-refractivity contribution in [2.24, 2.45) is 5.92 Å². The molecule has 1 saturated carbocycles. The number of aliphatic hydroxyl groups is 1. The van der Waals surface area contributed by atoms with Crippen LogP contribution in [0.5, 0.6) is 0 Å². The van der Waals surface area contributed by atoms with Gasteiger partial charge in [0.25, 0.3) is 0 Å². The first-order valence-corrected chi connectivity index (χ1v) is 9.96. The molecule has 4 atom stereocenters. The van der Waals surface area contributed by atoms with Gasteiger partial charge in [0.15, 0.2) is 5.60 Å². The lowest BCUT2D eigenvalue weighted by atomic mass is 9.77. The van der Waals surface area contributed by atoms with Crippen molar-refractivity contribution in [2.45, 2.75) is 74.5 Å². The lowest BCUT2D eigenvalue weighted by Gasteiger charge is -2.33. The summed E-state index contributed by atoms with van der Waals surface area (Å²) in [6.45, 7) is 0. The number of hydrogen-bond donors (Lipinski definition) is 3. The highest BCUT2D eigenvalue weighted by Gasteiger charge is 2.54. The Kier molecular flexibility index (Phi) is 4.72. The summed E-state index contributed by atoms with van der Waals surface area (Å²) in [5.41, 5.74) is -1.36. The van der Waals surface area contributed by atoms with E-state index in [9.17, 15) is 23.8 Å². The number of piperidine rings is 1. The molecule has 1 aromatic rings. The number of carbonyl (C=O) groups is 1. The Morgan fingerprint density at radius 3 is 2.44 bits per heavy atom. The maximum absolute atomic E-state index is 13.7. The van der Waals surface area contributed by atoms with Gasteiger partial charge in [-0.15, -0.1) is 0 Å². The number of carboxylic acid groups (broad SMARTS) is 1. The number of nitrogens with one attached hydrogen (secondary N) is 1. The molecule has 3 fully saturated rings. The first-order valence-electron chi connectivity index (χ1n) is 9.58. The summed E-state index contributed by atoms with van der Waals surface area (Å²) in [6, 6.07) is 5.56. The SMILES string of the molecule is O=C(O)[C@](O)(c1ccc(Cl)c(C2CC3CCC(C2)N3)c1)[C@@H]1CCC(F)(F)C1. The molecule has 1 aromatic carbocycles. The van der Waals surface area contributed by atoms with Gasteiger partial charge in [-0.2, -0.15) is 0 Å². The van der Waals surface area contributed by atoms with Gasteiger partial charge in [0.05, 0.1) is 0 Å². The number of fused-ring (bicyclic) bond motifs is 2. The van der Waals surface area contributed by atoms with E-state index in [0.29, 0.717) is 17.1 Å². The molecule has 0 amide bonds. The Morgan fingerprint density at radius 1 is 1.22 bits per heavy atom. The molecule has 2 saturated heterocycles. The molecule has 0 spiro atoms. The van der Waals surface area contributed by atoms with Crippen molar-refractivity contribution in [2.75, 3.05) is 0 Å². The van der Waals surface area contributed by atoms with Crippen molar-refractivity contribution < 1.29 is 23.8 Å². The van der Waals surface area contributed by atoms with E-state index in [1.807, 2.05) is 0 Å². The largest absolute Gasteiger partial charge is 0.479 e. The zero-order chi connectivity index (χ0) is 19.4. The van der Waals surface area contributed by atoms with E-state index >= 15 is 0 Å². The van der Waals surface area contributed by atoms with Gasteiger partial charge in [-0.3, -0.25) is 0 Å². The van der Waals surface area contributed by atoms with Crippen molar-refractivity contribution in [3.05, 3.63) is 34.3 Å². The van der Waals surface area contributed by atoms with Crippen LogP contribution in [0, 0.1) is 5.92 Å². The monoisotopic (exact) mass is 399 g/mol. The lowest BCUT2D eigenvalue weighted by Crippen LogP contribution is -2.43. The number of rotatable bonds is 4. The smallest absolute Gasteiger partial charge is 0.340 e. The predicted molar refractivity (Wildman–Crippen MR) is 97.2 cm³/mol. The molecule has 3 aliphatic rings. The van der Waals surface area contributed by atoms with Gasteiger partial charge in [0, 0.05) is 35.9 Å². The minimum atomic E-state index is -2.93. The molecule has 2 aliphatic heterocycles. The number of aliphatic carboxylic acids is 1. The van der Waals surface area contributed by atoms with Crippen LogP contribution in [0.25, 0.3) is 0 Å². The van der Waals surface area contributed by atoms with E-state index in [-0.39, 0.29) is 17.9 Å².